The van der Waals surface area contributed by atoms with E-state index in [1.54, 1.807) is 0 Å². The van der Waals surface area contributed by atoms with Gasteiger partial charge in [-0.05, 0) is 12.8 Å². The fourth-order valence-electron chi connectivity index (χ4n) is 2.13. The molecule has 1 heterocycles. The Morgan fingerprint density at radius 3 is 2.68 bits per heavy atom. The summed E-state index contributed by atoms with van der Waals surface area (Å²) in [7, 11) is 0. The zero-order valence-corrected chi connectivity index (χ0v) is 10.7. The van der Waals surface area contributed by atoms with Gasteiger partial charge in [-0.15, -0.1) is 0 Å². The van der Waals surface area contributed by atoms with Crippen LogP contribution < -0.4 is 5.32 Å². The van der Waals surface area contributed by atoms with E-state index in [9.17, 15) is 18.3 Å². The third kappa shape index (κ3) is 3.70. The lowest BCUT2D eigenvalue weighted by atomic mass is 10.1. The number of anilines is 1. The Morgan fingerprint density at radius 2 is 2.11 bits per heavy atom. The van der Waals surface area contributed by atoms with Crippen molar-refractivity contribution in [2.24, 2.45) is 5.92 Å². The first kappa shape index (κ1) is 14.3. The Balaban J connectivity index is 2.06. The maximum absolute atomic E-state index is 12.5. The van der Waals surface area contributed by atoms with E-state index in [1.165, 1.54) is 6.07 Å². The summed E-state index contributed by atoms with van der Waals surface area (Å²) in [5, 5.41) is 12.1. The van der Waals surface area contributed by atoms with Gasteiger partial charge in [-0.3, -0.25) is 0 Å². The molecular weight excluding hydrogens is 283 g/mol. The normalized spacial score (nSPS) is 23.6. The molecule has 0 saturated heterocycles. The van der Waals surface area contributed by atoms with Crippen LogP contribution >= 0.6 is 11.6 Å². The van der Waals surface area contributed by atoms with Crippen molar-refractivity contribution in [1.82, 2.24) is 9.97 Å². The van der Waals surface area contributed by atoms with Crippen molar-refractivity contribution in [2.45, 2.75) is 31.5 Å². The summed E-state index contributed by atoms with van der Waals surface area (Å²) in [6, 6.07) is 1.23. The monoisotopic (exact) mass is 295 g/mol. The predicted octanol–water partition coefficient (Wildman–Crippen LogP) is 2.72. The second kappa shape index (κ2) is 5.50. The summed E-state index contributed by atoms with van der Waals surface area (Å²) >= 11 is 5.54. The molecule has 1 aromatic rings. The molecule has 0 aromatic carbocycles. The fourth-order valence-corrected chi connectivity index (χ4v) is 2.31. The van der Waals surface area contributed by atoms with E-state index in [1.807, 2.05) is 0 Å². The molecule has 1 aliphatic carbocycles. The summed E-state index contributed by atoms with van der Waals surface area (Å²) in [6.07, 6.45) is -2.55. The molecule has 19 heavy (non-hydrogen) atoms. The molecule has 8 heteroatoms. The number of hydrogen-bond acceptors (Lipinski definition) is 4. The molecule has 0 spiro atoms. The summed E-state index contributed by atoms with van der Waals surface area (Å²) in [5.41, 5.74) is 0. The lowest BCUT2D eigenvalue weighted by Crippen LogP contribution is -2.23. The lowest BCUT2D eigenvalue weighted by molar-refractivity contribution is -0.144. The molecular formula is C11H13ClF3N3O. The van der Waals surface area contributed by atoms with Gasteiger partial charge in [0.2, 0.25) is 5.82 Å². The Hall–Kier alpha value is -1.08. The van der Waals surface area contributed by atoms with E-state index >= 15 is 0 Å². The first-order chi connectivity index (χ1) is 8.86. The molecule has 2 N–H and O–H groups in total. The average Bonchev–Trinajstić information content (AvgIpc) is 2.70. The van der Waals surface area contributed by atoms with Gasteiger partial charge in [0.05, 0.1) is 6.10 Å². The van der Waals surface area contributed by atoms with Crippen molar-refractivity contribution in [3.63, 3.8) is 0 Å². The highest BCUT2D eigenvalue weighted by molar-refractivity contribution is 6.29. The van der Waals surface area contributed by atoms with Crippen LogP contribution in [-0.2, 0) is 6.18 Å². The smallest absolute Gasteiger partial charge is 0.393 e. The first-order valence-corrected chi connectivity index (χ1v) is 6.28. The maximum atomic E-state index is 12.5. The fraction of sp³-hybridized carbons (Fsp3) is 0.636. The van der Waals surface area contributed by atoms with Gasteiger partial charge in [0.25, 0.3) is 0 Å². The molecule has 4 nitrogen and oxygen atoms in total. The van der Waals surface area contributed by atoms with Crippen molar-refractivity contribution in [3.8, 4) is 0 Å². The number of nitrogens with one attached hydrogen (secondary N) is 1. The van der Waals surface area contributed by atoms with Crippen LogP contribution in [-0.4, -0.2) is 27.7 Å². The molecule has 106 valence electrons. The third-order valence-corrected chi connectivity index (χ3v) is 3.31. The standard InChI is InChI=1S/C11H13ClF3N3O/c12-8-4-9(18-10(17-8)11(13,14)15)16-5-6-2-1-3-7(6)19/h4,6-7,19H,1-3,5H2,(H,16,17,18). The summed E-state index contributed by atoms with van der Waals surface area (Å²) in [4.78, 5) is 6.52. The molecule has 0 aliphatic heterocycles. The molecule has 1 aliphatic rings. The Kier molecular flexibility index (Phi) is 4.15. The SMILES string of the molecule is OC1CCCC1CNc1cc(Cl)nc(C(F)(F)F)n1. The van der Waals surface area contributed by atoms with E-state index in [4.69, 9.17) is 11.6 Å². The van der Waals surface area contributed by atoms with Gasteiger partial charge >= 0.3 is 6.18 Å². The van der Waals surface area contributed by atoms with Crippen LogP contribution in [0, 0.1) is 5.92 Å². The molecule has 0 radical (unpaired) electrons. The number of alkyl halides is 3. The van der Waals surface area contributed by atoms with Gasteiger partial charge in [0.15, 0.2) is 0 Å². The zero-order valence-electron chi connectivity index (χ0n) is 9.91. The van der Waals surface area contributed by atoms with Crippen LogP contribution in [0.25, 0.3) is 0 Å². The van der Waals surface area contributed by atoms with E-state index in [2.05, 4.69) is 15.3 Å². The summed E-state index contributed by atoms with van der Waals surface area (Å²) in [5.74, 6) is -1.22. The van der Waals surface area contributed by atoms with Gasteiger partial charge in [-0.25, -0.2) is 9.97 Å². The molecule has 1 saturated carbocycles. The molecule has 2 rings (SSSR count). The van der Waals surface area contributed by atoms with Crippen molar-refractivity contribution >= 4 is 17.4 Å². The van der Waals surface area contributed by atoms with Crippen LogP contribution in [0.1, 0.15) is 25.1 Å². The minimum Gasteiger partial charge on any atom is -0.393 e. The number of aliphatic hydroxyl groups excluding tert-OH is 1. The van der Waals surface area contributed by atoms with Gasteiger partial charge in [-0.2, -0.15) is 13.2 Å². The highest BCUT2D eigenvalue weighted by Crippen LogP contribution is 2.29. The minimum atomic E-state index is -4.63. The number of halogens is 4. The Labute approximate surface area is 113 Å². The van der Waals surface area contributed by atoms with Crippen LogP contribution in [0.5, 0.6) is 0 Å². The molecule has 0 amide bonds. The van der Waals surface area contributed by atoms with Crippen molar-refractivity contribution in [2.75, 3.05) is 11.9 Å². The van der Waals surface area contributed by atoms with E-state index in [-0.39, 0.29) is 16.9 Å². The second-order valence-corrected chi connectivity index (χ2v) is 4.92. The molecule has 2 unspecified atom stereocenters. The van der Waals surface area contributed by atoms with Gasteiger partial charge in [0, 0.05) is 18.5 Å². The van der Waals surface area contributed by atoms with Crippen LogP contribution in [0.3, 0.4) is 0 Å². The Morgan fingerprint density at radius 1 is 1.37 bits per heavy atom. The summed E-state index contributed by atoms with van der Waals surface area (Å²) < 4.78 is 37.5. The zero-order chi connectivity index (χ0) is 14.0. The largest absolute Gasteiger partial charge is 0.451 e. The van der Waals surface area contributed by atoms with Gasteiger partial charge < -0.3 is 10.4 Å². The van der Waals surface area contributed by atoms with E-state index in [0.717, 1.165) is 19.3 Å². The number of hydrogen-bond donors (Lipinski definition) is 2. The number of rotatable bonds is 3. The highest BCUT2D eigenvalue weighted by atomic mass is 35.5. The molecule has 0 bridgehead atoms. The molecule has 2 atom stereocenters. The van der Waals surface area contributed by atoms with Crippen LogP contribution in [0.15, 0.2) is 6.07 Å². The highest BCUT2D eigenvalue weighted by Gasteiger charge is 2.35. The third-order valence-electron chi connectivity index (χ3n) is 3.11. The van der Waals surface area contributed by atoms with Gasteiger partial charge in [-0.1, -0.05) is 18.0 Å². The van der Waals surface area contributed by atoms with Crippen LogP contribution in [0.2, 0.25) is 5.15 Å². The number of aromatic nitrogens is 2. The molecule has 1 aromatic heterocycles. The maximum Gasteiger partial charge on any atom is 0.451 e. The van der Waals surface area contributed by atoms with E-state index in [0.29, 0.717) is 6.54 Å². The molecule has 1 fully saturated rings. The number of nitrogens with zero attached hydrogens (tertiary/aromatic N) is 2. The van der Waals surface area contributed by atoms with Crippen molar-refractivity contribution < 1.29 is 18.3 Å². The first-order valence-electron chi connectivity index (χ1n) is 5.90. The quantitative estimate of drug-likeness (QED) is 0.842. The predicted molar refractivity (Wildman–Crippen MR) is 63.9 cm³/mol. The van der Waals surface area contributed by atoms with Gasteiger partial charge in [0.1, 0.15) is 11.0 Å². The Bertz CT molecular complexity index is 455. The van der Waals surface area contributed by atoms with Crippen LogP contribution in [0.4, 0.5) is 19.0 Å². The number of aliphatic hydroxyl groups is 1. The van der Waals surface area contributed by atoms with Crippen molar-refractivity contribution in [1.29, 1.82) is 0 Å². The average molecular weight is 296 g/mol. The van der Waals surface area contributed by atoms with Crippen molar-refractivity contribution in [3.05, 3.63) is 17.0 Å². The summed E-state index contributed by atoms with van der Waals surface area (Å²) in [6.45, 7) is 0.367. The second-order valence-electron chi connectivity index (χ2n) is 4.54. The topological polar surface area (TPSA) is 58.0 Å². The lowest BCUT2D eigenvalue weighted by Gasteiger charge is -2.16. The van der Waals surface area contributed by atoms with E-state index < -0.39 is 18.1 Å². The minimum absolute atomic E-state index is 0.0198.